The summed E-state index contributed by atoms with van der Waals surface area (Å²) < 4.78 is 20.3. The number of halogens is 1. The van der Waals surface area contributed by atoms with Crippen LogP contribution >= 0.6 is 11.8 Å². The largest absolute Gasteiger partial charge is 0.470 e. The molecule has 0 saturated heterocycles. The van der Waals surface area contributed by atoms with Gasteiger partial charge in [0.2, 0.25) is 5.44 Å². The number of aromatic nitrogens is 1. The van der Waals surface area contributed by atoms with Crippen molar-refractivity contribution in [3.63, 3.8) is 0 Å². The van der Waals surface area contributed by atoms with E-state index in [9.17, 15) is 9.18 Å². The smallest absolute Gasteiger partial charge is 0.272 e. The number of amides is 1. The maximum absolute atomic E-state index is 14.5. The van der Waals surface area contributed by atoms with Crippen molar-refractivity contribution in [2.45, 2.75) is 57.1 Å². The van der Waals surface area contributed by atoms with E-state index < -0.39 is 16.8 Å². The molecule has 1 N–H and O–H groups in total. The maximum Gasteiger partial charge on any atom is 0.272 e. The summed E-state index contributed by atoms with van der Waals surface area (Å²) in [6.07, 6.45) is 11.2. The molecular formula is C23H26FN3O3S. The number of benzene rings is 1. The summed E-state index contributed by atoms with van der Waals surface area (Å²) in [4.78, 5) is 22.4. The zero-order chi connectivity index (χ0) is 22.6. The molecule has 1 amide bonds. The minimum atomic E-state index is -0.880. The molecule has 0 saturated carbocycles. The molecule has 8 heteroatoms. The van der Waals surface area contributed by atoms with Gasteiger partial charge in [-0.1, -0.05) is 24.4 Å². The first-order valence-corrected chi connectivity index (χ1v) is 11.4. The predicted molar refractivity (Wildman–Crippen MR) is 122 cm³/mol. The minimum Gasteiger partial charge on any atom is -0.470 e. The Morgan fingerprint density at radius 1 is 1.48 bits per heavy atom. The summed E-state index contributed by atoms with van der Waals surface area (Å²) >= 11 is 1.21. The Morgan fingerprint density at radius 3 is 2.94 bits per heavy atom. The fourth-order valence-electron chi connectivity index (χ4n) is 3.37. The number of carbonyl (C=O) groups is 1. The summed E-state index contributed by atoms with van der Waals surface area (Å²) in [6, 6.07) is 4.50. The van der Waals surface area contributed by atoms with Gasteiger partial charge in [0, 0.05) is 29.6 Å². The molecule has 0 fully saturated rings. The number of pyridine rings is 1. The lowest BCUT2D eigenvalue weighted by Gasteiger charge is -2.28. The molecule has 0 bridgehead atoms. The number of carbonyl (C=O) groups excluding carboxylic acids is 1. The Bertz CT molecular complexity index is 1050. The van der Waals surface area contributed by atoms with E-state index in [2.05, 4.69) is 28.3 Å². The number of fused-ring (bicyclic) bond motifs is 1. The molecule has 31 heavy (non-hydrogen) atoms. The van der Waals surface area contributed by atoms with Crippen LogP contribution in [0.1, 0.15) is 45.6 Å². The zero-order valence-corrected chi connectivity index (χ0v) is 18.9. The van der Waals surface area contributed by atoms with E-state index in [1.54, 1.807) is 18.4 Å². The Hall–Kier alpha value is -2.79. The first-order valence-electron chi connectivity index (χ1n) is 10.1. The van der Waals surface area contributed by atoms with Crippen molar-refractivity contribution in [2.24, 2.45) is 5.16 Å². The Morgan fingerprint density at radius 2 is 2.26 bits per heavy atom. The van der Waals surface area contributed by atoms with Crippen LogP contribution in [0.5, 0.6) is 5.75 Å². The van der Waals surface area contributed by atoms with Gasteiger partial charge in [-0.2, -0.15) is 0 Å². The average Bonchev–Trinajstić information content (AvgIpc) is 3.21. The van der Waals surface area contributed by atoms with Crippen molar-refractivity contribution >= 4 is 34.3 Å². The number of hydrogen-bond donors (Lipinski definition) is 1. The van der Waals surface area contributed by atoms with E-state index in [4.69, 9.17) is 16.0 Å². The third-order valence-corrected chi connectivity index (χ3v) is 5.79. The summed E-state index contributed by atoms with van der Waals surface area (Å²) in [6.45, 7) is 5.84. The molecular weight excluding hydrogens is 417 g/mol. The topological polar surface area (TPSA) is 72.8 Å². The SMILES string of the molecule is C#Cc1cnc2c(F)cc(OC(SC)C(=O)NC(C)(C)C3=NOC(CCC)C3)cc2c1. The lowest BCUT2D eigenvalue weighted by molar-refractivity contribution is -0.125. The first kappa shape index (κ1) is 22.9. The molecule has 1 aromatic carbocycles. The monoisotopic (exact) mass is 443 g/mol. The molecule has 1 aliphatic heterocycles. The number of rotatable bonds is 8. The van der Waals surface area contributed by atoms with Crippen molar-refractivity contribution in [3.8, 4) is 18.1 Å². The first-order chi connectivity index (χ1) is 14.8. The van der Waals surface area contributed by atoms with Gasteiger partial charge >= 0.3 is 0 Å². The third kappa shape index (κ3) is 5.28. The lowest BCUT2D eigenvalue weighted by atomic mass is 9.93. The summed E-state index contributed by atoms with van der Waals surface area (Å²) in [5, 5.41) is 7.65. The van der Waals surface area contributed by atoms with Gasteiger partial charge < -0.3 is 14.9 Å². The van der Waals surface area contributed by atoms with Crippen molar-refractivity contribution in [2.75, 3.05) is 6.26 Å². The Labute approximate surface area is 186 Å². The number of nitrogens with one attached hydrogen (secondary N) is 1. The van der Waals surface area contributed by atoms with Crippen LogP contribution in [0.15, 0.2) is 29.6 Å². The summed E-state index contributed by atoms with van der Waals surface area (Å²) in [7, 11) is 0. The molecule has 1 aliphatic rings. The second-order valence-electron chi connectivity index (χ2n) is 7.90. The normalized spacial score (nSPS) is 16.9. The number of nitrogens with zero attached hydrogens (tertiary/aromatic N) is 2. The summed E-state index contributed by atoms with van der Waals surface area (Å²) in [5.41, 5.74) is -0.0700. The van der Waals surface area contributed by atoms with Gasteiger partial charge in [-0.05, 0) is 38.7 Å². The fourth-order valence-corrected chi connectivity index (χ4v) is 3.85. The third-order valence-electron chi connectivity index (χ3n) is 5.05. The molecule has 6 nitrogen and oxygen atoms in total. The number of oxime groups is 1. The Balaban J connectivity index is 1.73. The second-order valence-corrected chi connectivity index (χ2v) is 8.80. The van der Waals surface area contributed by atoms with Gasteiger partial charge in [-0.25, -0.2) is 4.39 Å². The highest BCUT2D eigenvalue weighted by atomic mass is 32.2. The van der Waals surface area contributed by atoms with Crippen LogP contribution in [0.25, 0.3) is 10.9 Å². The second kappa shape index (κ2) is 9.56. The predicted octanol–water partition coefficient (Wildman–Crippen LogP) is 4.26. The van der Waals surface area contributed by atoms with E-state index >= 15 is 0 Å². The number of terminal acetylenes is 1. The van der Waals surface area contributed by atoms with Crippen molar-refractivity contribution in [1.82, 2.24) is 10.3 Å². The van der Waals surface area contributed by atoms with Crippen LogP contribution in [-0.2, 0) is 9.63 Å². The lowest BCUT2D eigenvalue weighted by Crippen LogP contribution is -2.53. The molecule has 2 heterocycles. The molecule has 2 unspecified atom stereocenters. The molecule has 2 atom stereocenters. The van der Waals surface area contributed by atoms with Gasteiger partial charge in [0.15, 0.2) is 5.82 Å². The fraction of sp³-hybridized carbons (Fsp3) is 0.435. The molecule has 0 radical (unpaired) electrons. The maximum atomic E-state index is 14.5. The molecule has 3 rings (SSSR count). The quantitative estimate of drug-likeness (QED) is 0.487. The van der Waals surface area contributed by atoms with Crippen molar-refractivity contribution < 1.29 is 18.8 Å². The van der Waals surface area contributed by atoms with Crippen molar-refractivity contribution in [3.05, 3.63) is 35.8 Å². The average molecular weight is 444 g/mol. The van der Waals surface area contributed by atoms with Gasteiger partial charge in [0.1, 0.15) is 17.4 Å². The van der Waals surface area contributed by atoms with Crippen LogP contribution in [0.3, 0.4) is 0 Å². The van der Waals surface area contributed by atoms with Crippen LogP contribution in [0.2, 0.25) is 0 Å². The minimum absolute atomic E-state index is 0.0471. The van der Waals surface area contributed by atoms with Crippen molar-refractivity contribution in [1.29, 1.82) is 0 Å². The highest BCUT2D eigenvalue weighted by Gasteiger charge is 2.35. The molecule has 164 valence electrons. The van der Waals surface area contributed by atoms with Crippen LogP contribution in [-0.4, -0.2) is 39.9 Å². The highest BCUT2D eigenvalue weighted by molar-refractivity contribution is 7.99. The number of thioether (sulfide) groups is 1. The molecule has 2 aromatic rings. The molecule has 0 spiro atoms. The van der Waals surface area contributed by atoms with Gasteiger partial charge in [-0.15, -0.1) is 18.2 Å². The summed E-state index contributed by atoms with van der Waals surface area (Å²) in [5.74, 6) is 1.81. The van der Waals surface area contributed by atoms with Gasteiger partial charge in [0.25, 0.3) is 5.91 Å². The number of hydrogen-bond acceptors (Lipinski definition) is 6. The van der Waals surface area contributed by atoms with E-state index in [0.717, 1.165) is 18.6 Å². The molecule has 1 aromatic heterocycles. The van der Waals surface area contributed by atoms with E-state index in [1.165, 1.54) is 24.0 Å². The van der Waals surface area contributed by atoms with E-state index in [0.29, 0.717) is 17.4 Å². The van der Waals surface area contributed by atoms with Gasteiger partial charge in [0.05, 0.1) is 11.3 Å². The number of ether oxygens (including phenoxy) is 1. The molecule has 0 aliphatic carbocycles. The van der Waals surface area contributed by atoms with Crippen LogP contribution in [0.4, 0.5) is 4.39 Å². The standard InChI is InChI=1S/C23H26FN3O3S/c1-6-8-16-12-19(27-30-16)23(3,4)26-21(28)22(31-5)29-17-10-15-9-14(7-2)13-25-20(15)18(24)11-17/h2,9-11,13,16,22H,6,8,12H2,1,3-5H3,(H,26,28). The van der Waals surface area contributed by atoms with Gasteiger partial charge in [-0.3, -0.25) is 9.78 Å². The van der Waals surface area contributed by atoms with Crippen LogP contribution in [0, 0.1) is 18.2 Å². The highest BCUT2D eigenvalue weighted by Crippen LogP contribution is 2.27. The van der Waals surface area contributed by atoms with E-state index in [1.807, 2.05) is 13.8 Å². The Kier molecular flexibility index (Phi) is 7.06. The zero-order valence-electron chi connectivity index (χ0n) is 18.1. The van der Waals surface area contributed by atoms with E-state index in [-0.39, 0.29) is 23.3 Å². The van der Waals surface area contributed by atoms with Crippen LogP contribution < -0.4 is 10.1 Å².